The second-order valence-electron chi connectivity index (χ2n) is 15.1. The molecule has 8 aromatic rings. The molecule has 0 aliphatic carbocycles. The smallest absolute Gasteiger partial charge is 0.257 e. The molecule has 0 amide bonds. The Morgan fingerprint density at radius 3 is 0.891 bits per heavy atom. The van der Waals surface area contributed by atoms with Crippen molar-refractivity contribution in [1.82, 2.24) is 0 Å². The van der Waals surface area contributed by atoms with E-state index in [2.05, 4.69) is 212 Å². The Morgan fingerprint density at radius 1 is 0.255 bits per heavy atom. The van der Waals surface area contributed by atoms with Crippen molar-refractivity contribution in [2.45, 2.75) is 0 Å². The predicted molar refractivity (Wildman–Crippen MR) is 235 cm³/mol. The number of hydrogen-bond acceptors (Lipinski definition) is 3. The summed E-state index contributed by atoms with van der Waals surface area (Å²) >= 11 is 0. The van der Waals surface area contributed by atoms with E-state index in [0.717, 1.165) is 0 Å². The quantitative estimate of drug-likeness (QED) is 0.165. The Hall–Kier alpha value is -6.78. The van der Waals surface area contributed by atoms with Crippen LogP contribution in [0.5, 0.6) is 0 Å². The molecule has 3 aliphatic heterocycles. The molecule has 3 heterocycles. The fourth-order valence-corrected chi connectivity index (χ4v) is 9.41. The standard InChI is InChI=1S/C51H38BN3/c1-53-43-16-10-18-45-49(43)52-50-44(53)17-11-19-46(50)55(3)48-32-42(31-47(51(48)52)54(45)2)38-26-22-36(23-27-38)35-20-24-37(25-21-35)41-29-39(33-12-6-4-7-13-33)28-40(30-41)34-14-8-5-9-15-34/h4-32H,1-3H3. The summed E-state index contributed by atoms with van der Waals surface area (Å²) in [7, 11) is 6.67. The third-order valence-corrected chi connectivity index (χ3v) is 12.2. The van der Waals surface area contributed by atoms with Crippen LogP contribution in [0.1, 0.15) is 0 Å². The Balaban J connectivity index is 0.943. The molecule has 0 saturated heterocycles. The first-order valence-electron chi connectivity index (χ1n) is 19.1. The van der Waals surface area contributed by atoms with E-state index < -0.39 is 0 Å². The van der Waals surface area contributed by atoms with E-state index in [9.17, 15) is 0 Å². The minimum absolute atomic E-state index is 0.219. The van der Waals surface area contributed by atoms with Crippen LogP contribution in [0.4, 0.5) is 34.1 Å². The lowest BCUT2D eigenvalue weighted by Crippen LogP contribution is -2.65. The zero-order chi connectivity index (χ0) is 36.8. The molecule has 0 saturated carbocycles. The summed E-state index contributed by atoms with van der Waals surface area (Å²) in [6.45, 7) is 0.219. The van der Waals surface area contributed by atoms with E-state index in [1.807, 2.05) is 0 Å². The molecule has 0 N–H and O–H groups in total. The maximum atomic E-state index is 2.41. The highest BCUT2D eigenvalue weighted by molar-refractivity contribution is 7.02. The van der Waals surface area contributed by atoms with Gasteiger partial charge >= 0.3 is 0 Å². The second-order valence-corrected chi connectivity index (χ2v) is 15.1. The van der Waals surface area contributed by atoms with Crippen LogP contribution in [0.2, 0.25) is 0 Å². The highest BCUT2D eigenvalue weighted by atomic mass is 15.2. The van der Waals surface area contributed by atoms with E-state index in [-0.39, 0.29) is 6.71 Å². The van der Waals surface area contributed by atoms with Gasteiger partial charge < -0.3 is 14.7 Å². The molecule has 260 valence electrons. The monoisotopic (exact) mass is 703 g/mol. The topological polar surface area (TPSA) is 9.72 Å². The first-order valence-corrected chi connectivity index (χ1v) is 19.1. The Kier molecular flexibility index (Phi) is 6.99. The molecule has 0 fully saturated rings. The first kappa shape index (κ1) is 31.7. The van der Waals surface area contributed by atoms with Crippen molar-refractivity contribution in [3.8, 4) is 55.6 Å². The molecular formula is C51H38BN3. The van der Waals surface area contributed by atoms with Crippen molar-refractivity contribution in [3.63, 3.8) is 0 Å². The summed E-state index contributed by atoms with van der Waals surface area (Å²) in [5.41, 5.74) is 24.1. The van der Waals surface area contributed by atoms with Gasteiger partial charge in [0.25, 0.3) is 6.71 Å². The van der Waals surface area contributed by atoms with E-state index >= 15 is 0 Å². The van der Waals surface area contributed by atoms with Crippen molar-refractivity contribution < 1.29 is 0 Å². The Labute approximate surface area is 323 Å². The van der Waals surface area contributed by atoms with Gasteiger partial charge in [0.1, 0.15) is 0 Å². The molecule has 0 aromatic heterocycles. The van der Waals surface area contributed by atoms with Gasteiger partial charge in [0.05, 0.1) is 0 Å². The van der Waals surface area contributed by atoms with Gasteiger partial charge in [-0.15, -0.1) is 0 Å². The van der Waals surface area contributed by atoms with Crippen molar-refractivity contribution >= 4 is 57.2 Å². The first-order chi connectivity index (χ1) is 27.0. The SMILES string of the molecule is CN1c2cccc3c2B2c4c1cccc4N(C)c1cc(-c4ccc(-c5ccc(-c6cc(-c7ccccc7)cc(-c7ccccc7)c6)cc5)cc4)cc(c12)N3C. The van der Waals surface area contributed by atoms with Gasteiger partial charge in [0.15, 0.2) is 0 Å². The van der Waals surface area contributed by atoms with Crippen LogP contribution in [0.3, 0.4) is 0 Å². The summed E-state index contributed by atoms with van der Waals surface area (Å²) in [6, 6.07) is 64.8. The van der Waals surface area contributed by atoms with Crippen LogP contribution < -0.4 is 31.1 Å². The van der Waals surface area contributed by atoms with Crippen molar-refractivity contribution in [3.05, 3.63) is 176 Å². The van der Waals surface area contributed by atoms with E-state index in [4.69, 9.17) is 0 Å². The molecule has 0 atom stereocenters. The van der Waals surface area contributed by atoms with Gasteiger partial charge in [-0.2, -0.15) is 0 Å². The summed E-state index contributed by atoms with van der Waals surface area (Å²) in [4.78, 5) is 7.19. The molecule has 8 aromatic carbocycles. The summed E-state index contributed by atoms with van der Waals surface area (Å²) in [6.07, 6.45) is 0. The predicted octanol–water partition coefficient (Wildman–Crippen LogP) is 10.8. The number of hydrogen-bond donors (Lipinski definition) is 0. The maximum Gasteiger partial charge on any atom is 0.257 e. The lowest BCUT2D eigenvalue weighted by atomic mass is 9.32. The Morgan fingerprint density at radius 2 is 0.527 bits per heavy atom. The van der Waals surface area contributed by atoms with Gasteiger partial charge in [-0.3, -0.25) is 0 Å². The van der Waals surface area contributed by atoms with Gasteiger partial charge in [0.2, 0.25) is 0 Å². The largest absolute Gasteiger partial charge is 0.345 e. The number of benzene rings is 8. The Bertz CT molecular complexity index is 2650. The average molecular weight is 704 g/mol. The third-order valence-electron chi connectivity index (χ3n) is 12.2. The number of nitrogens with zero attached hydrogens (tertiary/aromatic N) is 3. The minimum atomic E-state index is 0.219. The van der Waals surface area contributed by atoms with Crippen molar-refractivity contribution in [2.24, 2.45) is 0 Å². The second kappa shape index (κ2) is 12.1. The van der Waals surface area contributed by atoms with Gasteiger partial charge in [-0.25, -0.2) is 0 Å². The third kappa shape index (κ3) is 4.84. The molecule has 0 radical (unpaired) electrons. The van der Waals surface area contributed by atoms with E-state index in [0.29, 0.717) is 0 Å². The molecule has 3 aliphatic rings. The summed E-state index contributed by atoms with van der Waals surface area (Å²) < 4.78 is 0. The zero-order valence-electron chi connectivity index (χ0n) is 31.2. The van der Waals surface area contributed by atoms with Crippen molar-refractivity contribution in [2.75, 3.05) is 35.8 Å². The fourth-order valence-electron chi connectivity index (χ4n) is 9.41. The lowest BCUT2D eigenvalue weighted by molar-refractivity contribution is 1.15. The molecule has 55 heavy (non-hydrogen) atoms. The minimum Gasteiger partial charge on any atom is -0.345 e. The van der Waals surface area contributed by atoms with Crippen LogP contribution in [-0.4, -0.2) is 27.9 Å². The molecule has 11 rings (SSSR count). The fraction of sp³-hybridized carbons (Fsp3) is 0.0588. The van der Waals surface area contributed by atoms with E-state index in [1.54, 1.807) is 0 Å². The molecular weight excluding hydrogens is 665 g/mol. The van der Waals surface area contributed by atoms with Crippen LogP contribution in [0.25, 0.3) is 55.6 Å². The lowest BCUT2D eigenvalue weighted by Gasteiger charge is -2.47. The molecule has 0 bridgehead atoms. The van der Waals surface area contributed by atoms with Crippen LogP contribution in [-0.2, 0) is 0 Å². The van der Waals surface area contributed by atoms with Gasteiger partial charge in [0, 0.05) is 55.3 Å². The molecule has 0 unspecified atom stereocenters. The molecule has 3 nitrogen and oxygen atoms in total. The van der Waals surface area contributed by atoms with Crippen molar-refractivity contribution in [1.29, 1.82) is 0 Å². The highest BCUT2D eigenvalue weighted by Crippen LogP contribution is 2.44. The molecule has 4 heteroatoms. The summed E-state index contributed by atoms with van der Waals surface area (Å²) in [5, 5.41) is 0. The number of anilines is 6. The zero-order valence-corrected chi connectivity index (χ0v) is 31.2. The van der Waals surface area contributed by atoms with Crippen LogP contribution in [0, 0.1) is 0 Å². The van der Waals surface area contributed by atoms with E-state index in [1.165, 1.54) is 106 Å². The van der Waals surface area contributed by atoms with Crippen LogP contribution in [0.15, 0.2) is 176 Å². The van der Waals surface area contributed by atoms with Gasteiger partial charge in [-0.05, 0) is 127 Å². The number of rotatable bonds is 5. The normalized spacial score (nSPS) is 13.2. The average Bonchev–Trinajstić information content (AvgIpc) is 3.26. The van der Waals surface area contributed by atoms with Crippen LogP contribution >= 0.6 is 0 Å². The summed E-state index contributed by atoms with van der Waals surface area (Å²) in [5.74, 6) is 0. The highest BCUT2D eigenvalue weighted by Gasteiger charge is 2.46. The van der Waals surface area contributed by atoms with Gasteiger partial charge in [-0.1, -0.05) is 121 Å². The maximum absolute atomic E-state index is 2.41. The molecule has 0 spiro atoms.